The molecule has 2 aliphatic rings. The van der Waals surface area contributed by atoms with Crippen LogP contribution in [0.5, 0.6) is 5.75 Å². The molecule has 0 amide bonds. The highest BCUT2D eigenvalue weighted by Gasteiger charge is 2.19. The van der Waals surface area contributed by atoms with E-state index in [0.29, 0.717) is 12.1 Å². The average molecular weight is 235 g/mol. The van der Waals surface area contributed by atoms with Crippen LogP contribution in [0.25, 0.3) is 0 Å². The Balaban J connectivity index is 1.60. The van der Waals surface area contributed by atoms with Crippen LogP contribution in [0, 0.1) is 0 Å². The average Bonchev–Trinajstić information content (AvgIpc) is 3.02. The van der Waals surface area contributed by atoms with Gasteiger partial charge in [0.05, 0.1) is 24.5 Å². The van der Waals surface area contributed by atoms with Gasteiger partial charge in [0.15, 0.2) is 5.75 Å². The third kappa shape index (κ3) is 2.63. The van der Waals surface area contributed by atoms with Gasteiger partial charge in [-0.25, -0.2) is 0 Å². The van der Waals surface area contributed by atoms with Gasteiger partial charge < -0.3 is 10.1 Å². The minimum atomic E-state index is 0.428. The summed E-state index contributed by atoms with van der Waals surface area (Å²) in [5, 5.41) is 7.85. The quantitative estimate of drug-likeness (QED) is 0.872. The predicted octanol–water partition coefficient (Wildman–Crippen LogP) is 2.13. The lowest BCUT2D eigenvalue weighted by Crippen LogP contribution is -2.31. The van der Waals surface area contributed by atoms with Crippen molar-refractivity contribution in [3.05, 3.63) is 12.4 Å². The molecule has 2 fully saturated rings. The molecule has 0 radical (unpaired) electrons. The van der Waals surface area contributed by atoms with Crippen molar-refractivity contribution in [3.63, 3.8) is 0 Å². The number of nitrogens with zero attached hydrogens (tertiary/aromatic N) is 2. The van der Waals surface area contributed by atoms with Crippen molar-refractivity contribution in [2.24, 2.45) is 0 Å². The summed E-state index contributed by atoms with van der Waals surface area (Å²) in [6.45, 7) is 2.17. The number of piperidine rings is 1. The summed E-state index contributed by atoms with van der Waals surface area (Å²) in [7, 11) is 0. The molecule has 2 heterocycles. The highest BCUT2D eigenvalue weighted by Crippen LogP contribution is 2.25. The Hall–Kier alpha value is -1.03. The van der Waals surface area contributed by atoms with Crippen molar-refractivity contribution in [1.82, 2.24) is 15.1 Å². The van der Waals surface area contributed by atoms with Crippen molar-refractivity contribution in [3.8, 4) is 5.75 Å². The summed E-state index contributed by atoms with van der Waals surface area (Å²) in [5.41, 5.74) is 0. The van der Waals surface area contributed by atoms with E-state index >= 15 is 0 Å². The molecule has 1 atom stereocenters. The molecule has 4 heteroatoms. The van der Waals surface area contributed by atoms with Crippen LogP contribution in [0.15, 0.2) is 12.4 Å². The van der Waals surface area contributed by atoms with E-state index in [2.05, 4.69) is 21.3 Å². The van der Waals surface area contributed by atoms with Crippen LogP contribution in [-0.2, 0) is 0 Å². The van der Waals surface area contributed by atoms with Crippen molar-refractivity contribution in [1.29, 1.82) is 0 Å². The SMILES string of the molecule is c1nn(C2CCCNC2)cc1OC1CCCC1. The van der Waals surface area contributed by atoms with Crippen LogP contribution in [0.1, 0.15) is 44.6 Å². The second-order valence-corrected chi connectivity index (χ2v) is 5.18. The molecule has 1 unspecified atom stereocenters. The fourth-order valence-corrected chi connectivity index (χ4v) is 2.84. The van der Waals surface area contributed by atoms with Gasteiger partial charge in [-0.1, -0.05) is 0 Å². The Morgan fingerprint density at radius 3 is 2.88 bits per heavy atom. The fourth-order valence-electron chi connectivity index (χ4n) is 2.84. The monoisotopic (exact) mass is 235 g/mol. The molecule has 1 saturated heterocycles. The van der Waals surface area contributed by atoms with E-state index in [1.54, 1.807) is 0 Å². The van der Waals surface area contributed by atoms with Crippen molar-refractivity contribution >= 4 is 0 Å². The van der Waals surface area contributed by atoms with E-state index in [-0.39, 0.29) is 0 Å². The number of aromatic nitrogens is 2. The molecule has 1 aliphatic carbocycles. The summed E-state index contributed by atoms with van der Waals surface area (Å²) >= 11 is 0. The van der Waals surface area contributed by atoms with E-state index < -0.39 is 0 Å². The molecule has 1 aliphatic heterocycles. The van der Waals surface area contributed by atoms with Gasteiger partial charge in [0.1, 0.15) is 0 Å². The molecule has 94 valence electrons. The molecule has 0 aromatic carbocycles. The van der Waals surface area contributed by atoms with E-state index in [4.69, 9.17) is 4.74 Å². The molecule has 4 nitrogen and oxygen atoms in total. The van der Waals surface area contributed by atoms with E-state index in [0.717, 1.165) is 18.8 Å². The van der Waals surface area contributed by atoms with Crippen LogP contribution in [0.2, 0.25) is 0 Å². The Morgan fingerprint density at radius 1 is 1.24 bits per heavy atom. The van der Waals surface area contributed by atoms with Crippen molar-refractivity contribution in [2.45, 2.75) is 50.7 Å². The van der Waals surface area contributed by atoms with Gasteiger partial charge in [0.25, 0.3) is 0 Å². The molecule has 1 N–H and O–H groups in total. The second-order valence-electron chi connectivity index (χ2n) is 5.18. The van der Waals surface area contributed by atoms with Gasteiger partial charge in [-0.05, 0) is 45.1 Å². The first-order valence-corrected chi connectivity index (χ1v) is 6.83. The third-order valence-electron chi connectivity index (χ3n) is 3.83. The Bertz CT molecular complexity index is 351. The van der Waals surface area contributed by atoms with Gasteiger partial charge in [-0.15, -0.1) is 0 Å². The minimum absolute atomic E-state index is 0.428. The van der Waals surface area contributed by atoms with E-state index in [1.165, 1.54) is 38.5 Å². The van der Waals surface area contributed by atoms with Gasteiger partial charge in [0, 0.05) is 6.54 Å². The van der Waals surface area contributed by atoms with Crippen molar-refractivity contribution in [2.75, 3.05) is 13.1 Å². The van der Waals surface area contributed by atoms with Crippen LogP contribution in [-0.4, -0.2) is 29.0 Å². The molecular formula is C13H21N3O. The number of rotatable bonds is 3. The molecule has 0 spiro atoms. The lowest BCUT2D eigenvalue weighted by atomic mass is 10.1. The highest BCUT2D eigenvalue weighted by atomic mass is 16.5. The first-order valence-electron chi connectivity index (χ1n) is 6.83. The predicted molar refractivity (Wildman–Crippen MR) is 66.3 cm³/mol. The molecule has 1 aromatic rings. The smallest absolute Gasteiger partial charge is 0.157 e. The van der Waals surface area contributed by atoms with Crippen LogP contribution < -0.4 is 10.1 Å². The normalized spacial score (nSPS) is 26.2. The molecule has 17 heavy (non-hydrogen) atoms. The Kier molecular flexibility index (Phi) is 3.31. The number of hydrogen-bond acceptors (Lipinski definition) is 3. The Labute approximate surface area is 102 Å². The minimum Gasteiger partial charge on any atom is -0.487 e. The molecule has 1 aromatic heterocycles. The summed E-state index contributed by atoms with van der Waals surface area (Å²) in [4.78, 5) is 0. The largest absolute Gasteiger partial charge is 0.487 e. The third-order valence-corrected chi connectivity index (χ3v) is 3.83. The van der Waals surface area contributed by atoms with Crippen LogP contribution >= 0.6 is 0 Å². The highest BCUT2D eigenvalue weighted by molar-refractivity contribution is 5.13. The zero-order chi connectivity index (χ0) is 11.5. The molecule has 3 rings (SSSR count). The lowest BCUT2D eigenvalue weighted by molar-refractivity contribution is 0.209. The standard InChI is InChI=1S/C13H21N3O/c1-2-6-12(5-1)17-13-9-15-16(10-13)11-4-3-7-14-8-11/h9-12,14H,1-8H2. The fraction of sp³-hybridized carbons (Fsp3) is 0.769. The molecule has 0 bridgehead atoms. The number of nitrogens with one attached hydrogen (secondary N) is 1. The van der Waals surface area contributed by atoms with Gasteiger partial charge >= 0.3 is 0 Å². The maximum absolute atomic E-state index is 5.94. The number of ether oxygens (including phenoxy) is 1. The van der Waals surface area contributed by atoms with Crippen LogP contribution in [0.4, 0.5) is 0 Å². The summed E-state index contributed by atoms with van der Waals surface area (Å²) < 4.78 is 8.01. The lowest BCUT2D eigenvalue weighted by Gasteiger charge is -2.22. The summed E-state index contributed by atoms with van der Waals surface area (Å²) in [6.07, 6.45) is 11.9. The summed E-state index contributed by atoms with van der Waals surface area (Å²) in [6, 6.07) is 0.504. The van der Waals surface area contributed by atoms with Gasteiger partial charge in [-0.3, -0.25) is 4.68 Å². The van der Waals surface area contributed by atoms with Gasteiger partial charge in [-0.2, -0.15) is 5.10 Å². The van der Waals surface area contributed by atoms with E-state index in [1.807, 2.05) is 6.20 Å². The maximum atomic E-state index is 5.94. The second kappa shape index (κ2) is 5.08. The summed E-state index contributed by atoms with van der Waals surface area (Å²) in [5.74, 6) is 0.947. The van der Waals surface area contributed by atoms with Crippen LogP contribution in [0.3, 0.4) is 0 Å². The van der Waals surface area contributed by atoms with Crippen molar-refractivity contribution < 1.29 is 4.74 Å². The zero-order valence-corrected chi connectivity index (χ0v) is 10.3. The first kappa shape index (κ1) is 11.1. The van der Waals surface area contributed by atoms with E-state index in [9.17, 15) is 0 Å². The zero-order valence-electron chi connectivity index (χ0n) is 10.3. The first-order chi connectivity index (χ1) is 8.42. The molecular weight excluding hydrogens is 214 g/mol. The topological polar surface area (TPSA) is 39.1 Å². The maximum Gasteiger partial charge on any atom is 0.157 e. The number of hydrogen-bond donors (Lipinski definition) is 1. The molecule has 1 saturated carbocycles. The Morgan fingerprint density at radius 2 is 2.12 bits per heavy atom. The van der Waals surface area contributed by atoms with Gasteiger partial charge in [0.2, 0.25) is 0 Å².